The molecule has 15 heavy (non-hydrogen) atoms. The summed E-state index contributed by atoms with van der Waals surface area (Å²) < 4.78 is 21.1. The average Bonchev–Trinajstić information content (AvgIpc) is 2.21. The van der Waals surface area contributed by atoms with Gasteiger partial charge in [-0.25, -0.2) is 0 Å². The third kappa shape index (κ3) is 4.07. The lowest BCUT2D eigenvalue weighted by molar-refractivity contribution is -0.123. The minimum Gasteiger partial charge on any atom is -0.382 e. The Morgan fingerprint density at radius 1 is 0.800 bits per heavy atom. The third-order valence-electron chi connectivity index (χ3n) is 2.86. The maximum Gasteiger partial charge on any atom is 0.0880 e. The minimum absolute atomic E-state index is 0.0115. The highest BCUT2D eigenvalue weighted by Crippen LogP contribution is 2.29. The van der Waals surface area contributed by atoms with E-state index in [0.29, 0.717) is 13.2 Å². The van der Waals surface area contributed by atoms with Crippen LogP contribution in [0.3, 0.4) is 0 Å². The molecule has 0 amide bonds. The Kier molecular flexibility index (Phi) is 7.09. The fraction of sp³-hybridized carbons (Fsp3) is 1.00. The molecule has 0 saturated heterocycles. The van der Waals surface area contributed by atoms with E-state index in [0.717, 1.165) is 0 Å². The van der Waals surface area contributed by atoms with Gasteiger partial charge in [-0.3, -0.25) is 0 Å². The second-order valence-corrected chi connectivity index (χ2v) is 4.18. The summed E-state index contributed by atoms with van der Waals surface area (Å²) in [5.74, 6) is 0. The Balaban J connectivity index is 4.55. The lowest BCUT2D eigenvalue weighted by Crippen LogP contribution is -2.46. The molecule has 0 radical (unpaired) electrons. The van der Waals surface area contributed by atoms with Crippen molar-refractivity contribution in [2.75, 3.05) is 41.7 Å². The summed E-state index contributed by atoms with van der Waals surface area (Å²) in [6.45, 7) is 5.28. The van der Waals surface area contributed by atoms with Gasteiger partial charge in [0.15, 0.2) is 0 Å². The van der Waals surface area contributed by atoms with Gasteiger partial charge in [-0.1, -0.05) is 13.8 Å². The smallest absolute Gasteiger partial charge is 0.0880 e. The third-order valence-corrected chi connectivity index (χ3v) is 2.86. The van der Waals surface area contributed by atoms with Crippen molar-refractivity contribution in [1.82, 2.24) is 0 Å². The quantitative estimate of drug-likeness (QED) is 0.618. The maximum absolute atomic E-state index is 5.42. The molecule has 0 aliphatic heterocycles. The Bertz CT molecular complexity index is 143. The molecule has 0 bridgehead atoms. The zero-order chi connectivity index (χ0) is 11.9. The molecule has 0 saturated carbocycles. The van der Waals surface area contributed by atoms with Crippen LogP contribution in [0, 0.1) is 5.41 Å². The number of hydrogen-bond acceptors (Lipinski definition) is 4. The van der Waals surface area contributed by atoms with Crippen molar-refractivity contribution in [3.8, 4) is 0 Å². The zero-order valence-electron chi connectivity index (χ0n) is 10.7. The zero-order valence-corrected chi connectivity index (χ0v) is 10.7. The molecule has 0 aliphatic carbocycles. The summed E-state index contributed by atoms with van der Waals surface area (Å²) in [7, 11) is 6.70. The Morgan fingerprint density at radius 2 is 1.13 bits per heavy atom. The summed E-state index contributed by atoms with van der Waals surface area (Å²) in [4.78, 5) is 0. The van der Waals surface area contributed by atoms with Gasteiger partial charge in [-0.15, -0.1) is 0 Å². The van der Waals surface area contributed by atoms with Crippen LogP contribution in [0.15, 0.2) is 0 Å². The fourth-order valence-electron chi connectivity index (χ4n) is 1.68. The first-order chi connectivity index (χ1) is 7.04. The lowest BCUT2D eigenvalue weighted by atomic mass is 9.81. The van der Waals surface area contributed by atoms with E-state index in [1.165, 1.54) is 0 Å². The van der Waals surface area contributed by atoms with Crippen molar-refractivity contribution in [2.24, 2.45) is 5.41 Å². The normalized spacial score (nSPS) is 16.4. The number of ether oxygens (including phenoxy) is 4. The molecule has 0 heterocycles. The van der Waals surface area contributed by atoms with E-state index in [1.54, 1.807) is 28.4 Å². The highest BCUT2D eigenvalue weighted by molar-refractivity contribution is 4.86. The van der Waals surface area contributed by atoms with Gasteiger partial charge in [0.25, 0.3) is 0 Å². The lowest BCUT2D eigenvalue weighted by Gasteiger charge is -2.38. The second kappa shape index (κ2) is 7.17. The molecule has 92 valence electrons. The topological polar surface area (TPSA) is 36.9 Å². The molecule has 0 aliphatic rings. The van der Waals surface area contributed by atoms with Crippen LogP contribution in [0.5, 0.6) is 0 Å². The molecule has 0 N–H and O–H groups in total. The molecule has 0 rings (SSSR count). The molecule has 0 spiro atoms. The summed E-state index contributed by atoms with van der Waals surface area (Å²) in [6, 6.07) is 0. The van der Waals surface area contributed by atoms with Crippen LogP contribution in [0.1, 0.15) is 13.8 Å². The van der Waals surface area contributed by atoms with E-state index >= 15 is 0 Å². The number of rotatable bonds is 8. The fourth-order valence-corrected chi connectivity index (χ4v) is 1.68. The monoisotopic (exact) mass is 220 g/mol. The van der Waals surface area contributed by atoms with Crippen molar-refractivity contribution < 1.29 is 18.9 Å². The number of methoxy groups -OCH3 is 4. The van der Waals surface area contributed by atoms with E-state index in [2.05, 4.69) is 13.8 Å². The molecule has 0 aromatic carbocycles. The van der Waals surface area contributed by atoms with Gasteiger partial charge in [0.2, 0.25) is 0 Å². The van der Waals surface area contributed by atoms with Crippen molar-refractivity contribution in [3.05, 3.63) is 0 Å². The second-order valence-electron chi connectivity index (χ2n) is 4.18. The summed E-state index contributed by atoms with van der Waals surface area (Å²) in [6.07, 6.45) is -0.0230. The van der Waals surface area contributed by atoms with Crippen LogP contribution in [-0.2, 0) is 18.9 Å². The predicted molar refractivity (Wildman–Crippen MR) is 59.1 cm³/mol. The Hall–Kier alpha value is -0.160. The predicted octanol–water partition coefficient (Wildman–Crippen LogP) is 1.34. The van der Waals surface area contributed by atoms with E-state index in [4.69, 9.17) is 18.9 Å². The highest BCUT2D eigenvalue weighted by atomic mass is 16.5. The molecule has 4 heteroatoms. The molecule has 0 fully saturated rings. The SMILES string of the molecule is COCC(OC)C(C)(C)C(COC)OC. The van der Waals surface area contributed by atoms with Crippen molar-refractivity contribution in [1.29, 1.82) is 0 Å². The summed E-state index contributed by atoms with van der Waals surface area (Å²) in [5, 5.41) is 0. The van der Waals surface area contributed by atoms with Crippen LogP contribution in [0.4, 0.5) is 0 Å². The van der Waals surface area contributed by atoms with Crippen LogP contribution >= 0.6 is 0 Å². The van der Waals surface area contributed by atoms with Crippen molar-refractivity contribution in [3.63, 3.8) is 0 Å². The largest absolute Gasteiger partial charge is 0.382 e. The first-order valence-corrected chi connectivity index (χ1v) is 5.08. The van der Waals surface area contributed by atoms with Crippen LogP contribution < -0.4 is 0 Å². The van der Waals surface area contributed by atoms with Crippen LogP contribution in [-0.4, -0.2) is 53.9 Å². The summed E-state index contributed by atoms with van der Waals surface area (Å²) >= 11 is 0. The van der Waals surface area contributed by atoms with E-state index in [-0.39, 0.29) is 17.6 Å². The molecular weight excluding hydrogens is 196 g/mol. The first-order valence-electron chi connectivity index (χ1n) is 5.08. The minimum atomic E-state index is -0.157. The van der Waals surface area contributed by atoms with Crippen molar-refractivity contribution in [2.45, 2.75) is 26.1 Å². The van der Waals surface area contributed by atoms with Crippen LogP contribution in [0.2, 0.25) is 0 Å². The molecule has 2 unspecified atom stereocenters. The van der Waals surface area contributed by atoms with Gasteiger partial charge < -0.3 is 18.9 Å². The average molecular weight is 220 g/mol. The summed E-state index contributed by atoms with van der Waals surface area (Å²) in [5.41, 5.74) is -0.157. The molecule has 0 aromatic rings. The Labute approximate surface area is 92.8 Å². The van der Waals surface area contributed by atoms with Gasteiger partial charge in [-0.2, -0.15) is 0 Å². The van der Waals surface area contributed by atoms with Gasteiger partial charge in [0, 0.05) is 33.9 Å². The number of hydrogen-bond donors (Lipinski definition) is 0. The standard InChI is InChI=1S/C11H24O4/c1-11(2,9(14-5)7-12-3)10(15-6)8-13-4/h9-10H,7-8H2,1-6H3. The molecular formula is C11H24O4. The van der Waals surface area contributed by atoms with Gasteiger partial charge >= 0.3 is 0 Å². The van der Waals surface area contributed by atoms with E-state index < -0.39 is 0 Å². The maximum atomic E-state index is 5.42. The van der Waals surface area contributed by atoms with Gasteiger partial charge in [0.05, 0.1) is 25.4 Å². The highest BCUT2D eigenvalue weighted by Gasteiger charge is 2.38. The first kappa shape index (κ1) is 14.8. The molecule has 0 aromatic heterocycles. The van der Waals surface area contributed by atoms with E-state index in [9.17, 15) is 0 Å². The van der Waals surface area contributed by atoms with Crippen molar-refractivity contribution >= 4 is 0 Å². The van der Waals surface area contributed by atoms with E-state index in [1.807, 2.05) is 0 Å². The van der Waals surface area contributed by atoms with Crippen LogP contribution in [0.25, 0.3) is 0 Å². The molecule has 4 nitrogen and oxygen atoms in total. The Morgan fingerprint density at radius 3 is 1.33 bits per heavy atom. The van der Waals surface area contributed by atoms with Gasteiger partial charge in [0.1, 0.15) is 0 Å². The van der Waals surface area contributed by atoms with Gasteiger partial charge in [-0.05, 0) is 0 Å². The molecule has 2 atom stereocenters.